The van der Waals surface area contributed by atoms with Crippen LogP contribution in [0.2, 0.25) is 0 Å². The van der Waals surface area contributed by atoms with Crippen molar-refractivity contribution in [3.05, 3.63) is 28.2 Å². The molecule has 0 aromatic heterocycles. The molecule has 4 heteroatoms. The number of halogens is 1. The molecule has 1 heterocycles. The van der Waals surface area contributed by atoms with Crippen molar-refractivity contribution in [2.75, 3.05) is 38.6 Å². The van der Waals surface area contributed by atoms with Gasteiger partial charge in [0, 0.05) is 35.3 Å². The van der Waals surface area contributed by atoms with Crippen molar-refractivity contribution in [1.29, 1.82) is 0 Å². The van der Waals surface area contributed by atoms with Gasteiger partial charge in [0.2, 0.25) is 0 Å². The molecule has 2 unspecified atom stereocenters. The van der Waals surface area contributed by atoms with Gasteiger partial charge >= 0.3 is 0 Å². The summed E-state index contributed by atoms with van der Waals surface area (Å²) < 4.78 is 1.16. The van der Waals surface area contributed by atoms with Gasteiger partial charge in [-0.05, 0) is 64.2 Å². The van der Waals surface area contributed by atoms with E-state index in [9.17, 15) is 0 Å². The van der Waals surface area contributed by atoms with Crippen LogP contribution in [0.4, 0.5) is 5.69 Å². The third-order valence-electron chi connectivity index (χ3n) is 4.39. The lowest BCUT2D eigenvalue weighted by Gasteiger charge is -2.27. The quantitative estimate of drug-likeness (QED) is 0.841. The van der Waals surface area contributed by atoms with Crippen LogP contribution in [0.1, 0.15) is 38.3 Å². The highest BCUT2D eigenvalue weighted by molar-refractivity contribution is 9.10. The molecule has 2 atom stereocenters. The zero-order chi connectivity index (χ0) is 15.4. The molecular weight excluding hydrogens is 326 g/mol. The minimum Gasteiger partial charge on any atom is -0.370 e. The van der Waals surface area contributed by atoms with Gasteiger partial charge in [-0.1, -0.05) is 22.9 Å². The molecule has 1 fully saturated rings. The fourth-order valence-corrected chi connectivity index (χ4v) is 3.39. The molecule has 0 radical (unpaired) electrons. The van der Waals surface area contributed by atoms with Crippen molar-refractivity contribution in [3.63, 3.8) is 0 Å². The van der Waals surface area contributed by atoms with Crippen molar-refractivity contribution in [2.45, 2.75) is 38.8 Å². The first-order valence-electron chi connectivity index (χ1n) is 7.97. The van der Waals surface area contributed by atoms with Gasteiger partial charge < -0.3 is 15.1 Å². The second kappa shape index (κ2) is 7.61. The van der Waals surface area contributed by atoms with Gasteiger partial charge in [0.05, 0.1) is 0 Å². The van der Waals surface area contributed by atoms with Gasteiger partial charge in [-0.3, -0.25) is 0 Å². The minimum absolute atomic E-state index is 0.385. The fourth-order valence-electron chi connectivity index (χ4n) is 3.01. The molecule has 1 aliphatic rings. The standard InChI is InChI=1S/C17H28BrN3/c1-5-9-19-13(2)16-11-14(18)6-7-17(16)21-10-8-15(12-21)20(3)4/h6-7,11,13,15,19H,5,8-10,12H2,1-4H3. The maximum atomic E-state index is 3.62. The van der Waals surface area contributed by atoms with E-state index in [0.717, 1.165) is 24.1 Å². The van der Waals surface area contributed by atoms with E-state index in [4.69, 9.17) is 0 Å². The van der Waals surface area contributed by atoms with E-state index in [1.54, 1.807) is 0 Å². The monoisotopic (exact) mass is 353 g/mol. The van der Waals surface area contributed by atoms with Gasteiger partial charge in [0.1, 0.15) is 0 Å². The van der Waals surface area contributed by atoms with E-state index >= 15 is 0 Å². The van der Waals surface area contributed by atoms with Crippen LogP contribution < -0.4 is 10.2 Å². The van der Waals surface area contributed by atoms with Crippen LogP contribution in [-0.4, -0.2) is 44.7 Å². The van der Waals surface area contributed by atoms with E-state index in [0.29, 0.717) is 12.1 Å². The Bertz CT molecular complexity index is 461. The summed E-state index contributed by atoms with van der Waals surface area (Å²) in [6.07, 6.45) is 2.42. The summed E-state index contributed by atoms with van der Waals surface area (Å²) in [6, 6.07) is 7.75. The number of benzene rings is 1. The number of hydrogen-bond acceptors (Lipinski definition) is 3. The molecule has 0 saturated carbocycles. The molecule has 1 saturated heterocycles. The van der Waals surface area contributed by atoms with Crippen LogP contribution in [0.3, 0.4) is 0 Å². The summed E-state index contributed by atoms with van der Waals surface area (Å²) in [7, 11) is 4.37. The second-order valence-corrected chi connectivity index (χ2v) is 7.15. The van der Waals surface area contributed by atoms with E-state index in [2.05, 4.69) is 77.2 Å². The zero-order valence-electron chi connectivity index (χ0n) is 13.7. The number of nitrogens with zero attached hydrogens (tertiary/aromatic N) is 2. The molecule has 0 spiro atoms. The van der Waals surface area contributed by atoms with Crippen LogP contribution in [0.5, 0.6) is 0 Å². The molecule has 118 valence electrons. The number of likely N-dealkylation sites (N-methyl/N-ethyl adjacent to an activating group) is 1. The topological polar surface area (TPSA) is 18.5 Å². The lowest BCUT2D eigenvalue weighted by Crippen LogP contribution is -2.32. The Morgan fingerprint density at radius 2 is 2.19 bits per heavy atom. The summed E-state index contributed by atoms with van der Waals surface area (Å²) in [5.41, 5.74) is 2.79. The highest BCUT2D eigenvalue weighted by atomic mass is 79.9. The van der Waals surface area contributed by atoms with Crippen LogP contribution in [-0.2, 0) is 0 Å². The summed E-state index contributed by atoms with van der Waals surface area (Å²) in [5, 5.41) is 3.62. The molecule has 0 amide bonds. The fraction of sp³-hybridized carbons (Fsp3) is 0.647. The van der Waals surface area contributed by atoms with Crippen molar-refractivity contribution in [1.82, 2.24) is 10.2 Å². The highest BCUT2D eigenvalue weighted by Gasteiger charge is 2.26. The SMILES string of the molecule is CCCNC(C)c1cc(Br)ccc1N1CCC(N(C)C)C1. The Labute approximate surface area is 137 Å². The largest absolute Gasteiger partial charge is 0.370 e. The number of anilines is 1. The summed E-state index contributed by atoms with van der Waals surface area (Å²) in [5.74, 6) is 0. The predicted octanol–water partition coefficient (Wildman–Crippen LogP) is 3.65. The van der Waals surface area contributed by atoms with E-state index in [-0.39, 0.29) is 0 Å². The first-order valence-corrected chi connectivity index (χ1v) is 8.76. The molecule has 1 N–H and O–H groups in total. The number of rotatable bonds is 6. The average molecular weight is 354 g/mol. The van der Waals surface area contributed by atoms with Crippen LogP contribution in [0.25, 0.3) is 0 Å². The first kappa shape index (κ1) is 16.8. The molecule has 1 aliphatic heterocycles. The number of hydrogen-bond donors (Lipinski definition) is 1. The van der Waals surface area contributed by atoms with E-state index in [1.165, 1.54) is 24.1 Å². The third-order valence-corrected chi connectivity index (χ3v) is 4.88. The highest BCUT2D eigenvalue weighted by Crippen LogP contribution is 2.32. The number of nitrogens with one attached hydrogen (secondary N) is 1. The molecule has 0 bridgehead atoms. The van der Waals surface area contributed by atoms with Crippen molar-refractivity contribution in [3.8, 4) is 0 Å². The van der Waals surface area contributed by atoms with Gasteiger partial charge in [0.15, 0.2) is 0 Å². The normalized spacial score (nSPS) is 20.3. The molecule has 3 nitrogen and oxygen atoms in total. The van der Waals surface area contributed by atoms with Gasteiger partial charge in [0.25, 0.3) is 0 Å². The molecule has 1 aromatic carbocycles. The maximum absolute atomic E-state index is 3.62. The molecule has 1 aromatic rings. The third kappa shape index (κ3) is 4.21. The first-order chi connectivity index (χ1) is 10.0. The van der Waals surface area contributed by atoms with Crippen molar-refractivity contribution >= 4 is 21.6 Å². The minimum atomic E-state index is 0.385. The van der Waals surface area contributed by atoms with Crippen LogP contribution in [0.15, 0.2) is 22.7 Å². The Kier molecular flexibility index (Phi) is 6.08. The second-order valence-electron chi connectivity index (χ2n) is 6.23. The van der Waals surface area contributed by atoms with Crippen LogP contribution >= 0.6 is 15.9 Å². The Morgan fingerprint density at radius 1 is 1.43 bits per heavy atom. The summed E-state index contributed by atoms with van der Waals surface area (Å²) >= 11 is 3.62. The molecule has 2 rings (SSSR count). The van der Waals surface area contributed by atoms with Crippen molar-refractivity contribution < 1.29 is 0 Å². The molecular formula is C17H28BrN3. The van der Waals surface area contributed by atoms with Gasteiger partial charge in [-0.15, -0.1) is 0 Å². The lowest BCUT2D eigenvalue weighted by atomic mass is 10.1. The smallest absolute Gasteiger partial charge is 0.0415 e. The Morgan fingerprint density at radius 3 is 2.81 bits per heavy atom. The van der Waals surface area contributed by atoms with Gasteiger partial charge in [-0.2, -0.15) is 0 Å². The summed E-state index contributed by atoms with van der Waals surface area (Å²) in [6.45, 7) is 7.82. The van der Waals surface area contributed by atoms with Gasteiger partial charge in [-0.25, -0.2) is 0 Å². The average Bonchev–Trinajstić information content (AvgIpc) is 2.94. The van der Waals surface area contributed by atoms with E-state index in [1.807, 2.05) is 0 Å². The van der Waals surface area contributed by atoms with E-state index < -0.39 is 0 Å². The zero-order valence-corrected chi connectivity index (χ0v) is 15.3. The van der Waals surface area contributed by atoms with Crippen molar-refractivity contribution in [2.24, 2.45) is 0 Å². The maximum Gasteiger partial charge on any atom is 0.0415 e. The predicted molar refractivity (Wildman–Crippen MR) is 95.2 cm³/mol. The molecule has 21 heavy (non-hydrogen) atoms. The molecule has 0 aliphatic carbocycles. The summed E-state index contributed by atoms with van der Waals surface area (Å²) in [4.78, 5) is 4.88. The Hall–Kier alpha value is -0.580. The lowest BCUT2D eigenvalue weighted by molar-refractivity contribution is 0.315. The Balaban J connectivity index is 2.19. The van der Waals surface area contributed by atoms with Crippen LogP contribution in [0, 0.1) is 0 Å².